The predicted octanol–water partition coefficient (Wildman–Crippen LogP) is 3.55. The molecule has 2 nitrogen and oxygen atoms in total. The fraction of sp³-hybridized carbons (Fsp3) is 0.600. The lowest BCUT2D eigenvalue weighted by Crippen LogP contribution is -2.10. The van der Waals surface area contributed by atoms with E-state index in [0.29, 0.717) is 12.2 Å². The largest absolute Gasteiger partial charge is 0.299 e. The molecule has 0 amide bonds. The van der Waals surface area contributed by atoms with Crippen molar-refractivity contribution < 1.29 is 4.79 Å². The fourth-order valence-corrected chi connectivity index (χ4v) is 2.66. The van der Waals surface area contributed by atoms with E-state index in [1.165, 1.54) is 32.1 Å². The molecule has 1 aromatic heterocycles. The molecule has 0 spiro atoms. The lowest BCUT2D eigenvalue weighted by Gasteiger charge is -2.20. The molecule has 1 heterocycles. The zero-order chi connectivity index (χ0) is 11.9. The van der Waals surface area contributed by atoms with Crippen molar-refractivity contribution in [1.82, 2.24) is 4.98 Å². The Kier molecular flexibility index (Phi) is 4.72. The number of hydrogen-bond acceptors (Lipinski definition) is 2. The van der Waals surface area contributed by atoms with Gasteiger partial charge in [0, 0.05) is 25.2 Å². The molecule has 0 aromatic carbocycles. The third-order valence-electron chi connectivity index (χ3n) is 3.68. The van der Waals surface area contributed by atoms with Crippen LogP contribution in [0.5, 0.6) is 0 Å². The first kappa shape index (κ1) is 12.3. The van der Waals surface area contributed by atoms with Crippen molar-refractivity contribution in [2.75, 3.05) is 0 Å². The smallest absolute Gasteiger partial charge is 0.137 e. The third kappa shape index (κ3) is 4.29. The highest BCUT2D eigenvalue weighted by atomic mass is 16.1. The Morgan fingerprint density at radius 3 is 2.82 bits per heavy atom. The van der Waals surface area contributed by atoms with E-state index in [9.17, 15) is 4.79 Å². The molecule has 17 heavy (non-hydrogen) atoms. The normalized spacial score (nSPS) is 16.9. The highest BCUT2D eigenvalue weighted by Crippen LogP contribution is 2.27. The molecule has 2 rings (SSSR count). The maximum atomic E-state index is 11.8. The fourth-order valence-electron chi connectivity index (χ4n) is 2.66. The average Bonchev–Trinajstić information content (AvgIpc) is 2.39. The zero-order valence-corrected chi connectivity index (χ0v) is 10.4. The molecule has 1 saturated carbocycles. The molecule has 0 radical (unpaired) electrons. The molecular formula is C15H21NO. The molecular weight excluding hydrogens is 210 g/mol. The van der Waals surface area contributed by atoms with Gasteiger partial charge in [-0.1, -0.05) is 38.2 Å². The van der Waals surface area contributed by atoms with Gasteiger partial charge in [0.1, 0.15) is 5.78 Å². The van der Waals surface area contributed by atoms with Gasteiger partial charge in [-0.25, -0.2) is 0 Å². The van der Waals surface area contributed by atoms with Gasteiger partial charge in [-0.15, -0.1) is 0 Å². The van der Waals surface area contributed by atoms with Gasteiger partial charge in [-0.05, 0) is 24.0 Å². The van der Waals surface area contributed by atoms with Crippen molar-refractivity contribution in [3.63, 3.8) is 0 Å². The molecule has 1 aromatic rings. The van der Waals surface area contributed by atoms with Crippen LogP contribution in [0.1, 0.15) is 50.5 Å². The Labute approximate surface area is 103 Å². The van der Waals surface area contributed by atoms with Crippen LogP contribution in [0, 0.1) is 5.92 Å². The second-order valence-electron chi connectivity index (χ2n) is 5.12. The van der Waals surface area contributed by atoms with Crippen LogP contribution in [-0.4, -0.2) is 10.8 Å². The first-order valence-electron chi connectivity index (χ1n) is 6.75. The molecule has 0 bridgehead atoms. The van der Waals surface area contributed by atoms with Crippen molar-refractivity contribution in [3.05, 3.63) is 30.1 Å². The molecule has 1 fully saturated rings. The molecule has 0 unspecified atom stereocenters. The van der Waals surface area contributed by atoms with Crippen molar-refractivity contribution >= 4 is 5.78 Å². The molecule has 0 N–H and O–H groups in total. The second kappa shape index (κ2) is 6.53. The van der Waals surface area contributed by atoms with E-state index < -0.39 is 0 Å². The summed E-state index contributed by atoms with van der Waals surface area (Å²) in [5.41, 5.74) is 1.04. The van der Waals surface area contributed by atoms with E-state index in [-0.39, 0.29) is 0 Å². The summed E-state index contributed by atoms with van der Waals surface area (Å²) < 4.78 is 0. The average molecular weight is 231 g/mol. The number of hydrogen-bond donors (Lipinski definition) is 0. The van der Waals surface area contributed by atoms with Crippen molar-refractivity contribution in [2.24, 2.45) is 5.92 Å². The number of nitrogens with zero attached hydrogens (tertiary/aromatic N) is 1. The van der Waals surface area contributed by atoms with E-state index >= 15 is 0 Å². The number of rotatable bonds is 5. The topological polar surface area (TPSA) is 30.0 Å². The monoisotopic (exact) mass is 231 g/mol. The Balaban J connectivity index is 1.70. The minimum atomic E-state index is 0.364. The molecule has 0 atom stereocenters. The van der Waals surface area contributed by atoms with Crippen molar-refractivity contribution in [2.45, 2.75) is 51.4 Å². The standard InChI is InChI=1S/C15H21NO/c17-15(11-14-7-4-10-16-12-14)9-8-13-5-2-1-3-6-13/h4,7,10,12-13H,1-3,5-6,8-9,11H2. The van der Waals surface area contributed by atoms with Gasteiger partial charge < -0.3 is 0 Å². The van der Waals surface area contributed by atoms with Crippen LogP contribution in [0.25, 0.3) is 0 Å². The molecule has 2 heteroatoms. The Morgan fingerprint density at radius 2 is 2.12 bits per heavy atom. The van der Waals surface area contributed by atoms with E-state index in [1.807, 2.05) is 12.1 Å². The Bertz CT molecular complexity index is 341. The van der Waals surface area contributed by atoms with Crippen molar-refractivity contribution in [3.8, 4) is 0 Å². The van der Waals surface area contributed by atoms with Crippen LogP contribution < -0.4 is 0 Å². The maximum Gasteiger partial charge on any atom is 0.137 e. The van der Waals surface area contributed by atoms with Crippen LogP contribution in [0.15, 0.2) is 24.5 Å². The van der Waals surface area contributed by atoms with E-state index in [0.717, 1.165) is 24.3 Å². The van der Waals surface area contributed by atoms with E-state index in [1.54, 1.807) is 12.4 Å². The summed E-state index contributed by atoms with van der Waals surface area (Å²) in [6.45, 7) is 0. The molecule has 0 aliphatic heterocycles. The number of carbonyl (C=O) groups is 1. The van der Waals surface area contributed by atoms with Crippen LogP contribution in [-0.2, 0) is 11.2 Å². The zero-order valence-electron chi connectivity index (χ0n) is 10.4. The van der Waals surface area contributed by atoms with Gasteiger partial charge in [-0.3, -0.25) is 9.78 Å². The molecule has 92 valence electrons. The third-order valence-corrected chi connectivity index (χ3v) is 3.68. The molecule has 1 aliphatic rings. The van der Waals surface area contributed by atoms with Gasteiger partial charge in [0.15, 0.2) is 0 Å². The van der Waals surface area contributed by atoms with E-state index in [4.69, 9.17) is 0 Å². The van der Waals surface area contributed by atoms with Crippen LogP contribution in [0.3, 0.4) is 0 Å². The van der Waals surface area contributed by atoms with Gasteiger partial charge in [-0.2, -0.15) is 0 Å². The number of Topliss-reactive ketones (excluding diaryl/α,β-unsaturated/α-hetero) is 1. The maximum absolute atomic E-state index is 11.8. The summed E-state index contributed by atoms with van der Waals surface area (Å²) >= 11 is 0. The minimum Gasteiger partial charge on any atom is -0.299 e. The lowest BCUT2D eigenvalue weighted by molar-refractivity contribution is -0.118. The minimum absolute atomic E-state index is 0.364. The molecule has 0 saturated heterocycles. The number of pyridine rings is 1. The lowest BCUT2D eigenvalue weighted by atomic mass is 9.85. The number of ketones is 1. The number of carbonyl (C=O) groups excluding carboxylic acids is 1. The highest BCUT2D eigenvalue weighted by molar-refractivity contribution is 5.80. The predicted molar refractivity (Wildman–Crippen MR) is 68.8 cm³/mol. The summed E-state index contributed by atoms with van der Waals surface area (Å²) in [7, 11) is 0. The van der Waals surface area contributed by atoms with Crippen molar-refractivity contribution in [1.29, 1.82) is 0 Å². The first-order valence-corrected chi connectivity index (χ1v) is 6.75. The summed E-state index contributed by atoms with van der Waals surface area (Å²) in [5, 5.41) is 0. The van der Waals surface area contributed by atoms with Gasteiger partial charge >= 0.3 is 0 Å². The second-order valence-corrected chi connectivity index (χ2v) is 5.12. The summed E-state index contributed by atoms with van der Waals surface area (Å²) in [4.78, 5) is 15.9. The summed E-state index contributed by atoms with van der Waals surface area (Å²) in [5.74, 6) is 1.17. The quantitative estimate of drug-likeness (QED) is 0.775. The SMILES string of the molecule is O=C(CCC1CCCCC1)Cc1cccnc1. The number of aromatic nitrogens is 1. The van der Waals surface area contributed by atoms with Crippen LogP contribution in [0.2, 0.25) is 0 Å². The molecule has 1 aliphatic carbocycles. The van der Waals surface area contributed by atoms with Crippen LogP contribution in [0.4, 0.5) is 0 Å². The highest BCUT2D eigenvalue weighted by Gasteiger charge is 2.14. The Morgan fingerprint density at radius 1 is 1.29 bits per heavy atom. The van der Waals surface area contributed by atoms with Crippen LogP contribution >= 0.6 is 0 Å². The van der Waals surface area contributed by atoms with Gasteiger partial charge in [0.25, 0.3) is 0 Å². The van der Waals surface area contributed by atoms with Gasteiger partial charge in [0.2, 0.25) is 0 Å². The van der Waals surface area contributed by atoms with E-state index in [2.05, 4.69) is 4.98 Å². The van der Waals surface area contributed by atoms with Gasteiger partial charge in [0.05, 0.1) is 0 Å². The Hall–Kier alpha value is -1.18. The summed E-state index contributed by atoms with van der Waals surface area (Å²) in [6, 6.07) is 3.87. The summed E-state index contributed by atoms with van der Waals surface area (Å²) in [6.07, 6.45) is 12.7. The first-order chi connectivity index (χ1) is 8.34.